The zero-order valence-corrected chi connectivity index (χ0v) is 20.1. The van der Waals surface area contributed by atoms with E-state index in [-0.39, 0.29) is 0 Å². The number of hydrogen-bond donors (Lipinski definition) is 1. The van der Waals surface area contributed by atoms with Gasteiger partial charge < -0.3 is 5.73 Å². The fraction of sp³-hybridized carbons (Fsp3) is 0.333. The third-order valence-electron chi connectivity index (χ3n) is 6.07. The van der Waals surface area contributed by atoms with Crippen LogP contribution in [0.2, 0.25) is 5.02 Å². The Morgan fingerprint density at radius 1 is 0.970 bits per heavy atom. The minimum Gasteiger partial charge on any atom is -0.397 e. The number of nitrogens with zero attached hydrogens (tertiary/aromatic N) is 3. The lowest BCUT2D eigenvalue weighted by molar-refractivity contribution is -0.173. The molecule has 5 rings (SSSR count). The van der Waals surface area contributed by atoms with Crippen molar-refractivity contribution in [1.82, 2.24) is 15.0 Å². The zero-order valence-electron chi connectivity index (χ0n) is 19.4. The quantitative estimate of drug-likeness (QED) is 0.527. The summed E-state index contributed by atoms with van der Waals surface area (Å²) in [5.74, 6) is 0. The van der Waals surface area contributed by atoms with E-state index in [0.29, 0.717) is 12.3 Å². The van der Waals surface area contributed by atoms with E-state index in [2.05, 4.69) is 28.2 Å². The summed E-state index contributed by atoms with van der Waals surface area (Å²) >= 11 is 6.33. The van der Waals surface area contributed by atoms with Crippen molar-refractivity contribution < 1.29 is 4.84 Å². The van der Waals surface area contributed by atoms with Crippen LogP contribution in [0.25, 0.3) is 5.57 Å². The minimum absolute atomic E-state index is 0.569. The molecule has 5 nitrogen and oxygen atoms in total. The molecule has 0 bridgehead atoms. The van der Waals surface area contributed by atoms with Gasteiger partial charge in [-0.25, -0.2) is 0 Å². The van der Waals surface area contributed by atoms with Crippen LogP contribution in [0.4, 0.5) is 5.69 Å². The van der Waals surface area contributed by atoms with E-state index in [1.165, 1.54) is 27.8 Å². The molecule has 6 heteroatoms. The summed E-state index contributed by atoms with van der Waals surface area (Å²) in [6.07, 6.45) is 9.10. The predicted octanol–water partition coefficient (Wildman–Crippen LogP) is 5.87. The van der Waals surface area contributed by atoms with Crippen LogP contribution in [0.1, 0.15) is 54.6 Å². The van der Waals surface area contributed by atoms with Crippen LogP contribution in [0.3, 0.4) is 0 Å². The minimum atomic E-state index is 0.569. The van der Waals surface area contributed by atoms with Crippen molar-refractivity contribution in [2.45, 2.75) is 46.1 Å². The summed E-state index contributed by atoms with van der Waals surface area (Å²) in [7, 11) is 0. The van der Waals surface area contributed by atoms with Gasteiger partial charge >= 0.3 is 0 Å². The second-order valence-electron chi connectivity index (χ2n) is 8.11. The van der Waals surface area contributed by atoms with E-state index < -0.39 is 0 Å². The Hall–Kier alpha value is -2.73. The van der Waals surface area contributed by atoms with Gasteiger partial charge in [-0.3, -0.25) is 14.8 Å². The molecule has 3 aromatic rings. The Morgan fingerprint density at radius 2 is 1.70 bits per heavy atom. The van der Waals surface area contributed by atoms with Crippen LogP contribution in [0.15, 0.2) is 60.6 Å². The molecular formula is C27H31ClN4O. The molecule has 1 aliphatic carbocycles. The smallest absolute Gasteiger partial charge is 0.0937 e. The maximum atomic E-state index is 6.33. The fourth-order valence-corrected chi connectivity index (χ4v) is 4.69. The van der Waals surface area contributed by atoms with Crippen LogP contribution < -0.4 is 5.73 Å². The number of benzene rings is 1. The highest BCUT2D eigenvalue weighted by Gasteiger charge is 2.25. The third-order valence-corrected chi connectivity index (χ3v) is 6.30. The monoisotopic (exact) mass is 462 g/mol. The topological polar surface area (TPSA) is 64.3 Å². The van der Waals surface area contributed by atoms with Crippen molar-refractivity contribution in [3.8, 4) is 0 Å². The molecule has 33 heavy (non-hydrogen) atoms. The van der Waals surface area contributed by atoms with E-state index in [1.54, 1.807) is 18.6 Å². The SMILES string of the molecule is CC.Nc1cnc2c(c1)CCc1cc(Cl)ccc1C2=C1CCN(OCc2ccncc2)CC1. The maximum absolute atomic E-state index is 6.33. The molecule has 1 aliphatic heterocycles. The summed E-state index contributed by atoms with van der Waals surface area (Å²) in [5.41, 5.74) is 15.4. The van der Waals surface area contributed by atoms with Gasteiger partial charge in [-0.05, 0) is 78.3 Å². The van der Waals surface area contributed by atoms with E-state index in [0.717, 1.165) is 55.1 Å². The highest BCUT2D eigenvalue weighted by molar-refractivity contribution is 6.30. The molecule has 2 aromatic heterocycles. The molecule has 0 atom stereocenters. The van der Waals surface area contributed by atoms with Gasteiger partial charge in [0, 0.05) is 36.1 Å². The first-order valence-electron chi connectivity index (χ1n) is 11.7. The lowest BCUT2D eigenvalue weighted by Gasteiger charge is -2.29. The van der Waals surface area contributed by atoms with Gasteiger partial charge in [0.1, 0.15) is 0 Å². The Labute approximate surface area is 201 Å². The van der Waals surface area contributed by atoms with Crippen molar-refractivity contribution in [1.29, 1.82) is 0 Å². The van der Waals surface area contributed by atoms with Crippen molar-refractivity contribution in [2.75, 3.05) is 18.8 Å². The predicted molar refractivity (Wildman–Crippen MR) is 135 cm³/mol. The van der Waals surface area contributed by atoms with Crippen LogP contribution in [-0.2, 0) is 24.3 Å². The highest BCUT2D eigenvalue weighted by Crippen LogP contribution is 2.39. The summed E-state index contributed by atoms with van der Waals surface area (Å²) in [5, 5.41) is 2.85. The number of nitrogen functional groups attached to an aromatic ring is 1. The molecule has 0 spiro atoms. The van der Waals surface area contributed by atoms with Gasteiger partial charge in [0.25, 0.3) is 0 Å². The third kappa shape index (κ3) is 5.44. The number of nitrogens with two attached hydrogens (primary N) is 1. The standard InChI is InChI=1S/C25H25ClN4O.C2H6/c26-21-3-4-23-19(13-21)1-2-20-14-22(27)15-29-25(20)24(23)18-7-11-30(12-8-18)31-16-17-5-9-28-10-6-17;1-2/h3-6,9-10,13-15H,1-2,7-8,11-12,16,27H2;1-2H3. The first-order valence-corrected chi connectivity index (χ1v) is 12.1. The molecule has 0 radical (unpaired) electrons. The molecule has 1 aromatic carbocycles. The summed E-state index contributed by atoms with van der Waals surface area (Å²) in [6.45, 7) is 6.29. The van der Waals surface area contributed by atoms with Crippen molar-refractivity contribution in [2.24, 2.45) is 0 Å². The Bertz CT molecular complexity index is 1060. The molecule has 3 heterocycles. The van der Waals surface area contributed by atoms with E-state index >= 15 is 0 Å². The average molecular weight is 463 g/mol. The number of piperidine rings is 1. The lowest BCUT2D eigenvalue weighted by atomic mass is 9.89. The van der Waals surface area contributed by atoms with Crippen LogP contribution >= 0.6 is 11.6 Å². The molecule has 0 saturated carbocycles. The largest absolute Gasteiger partial charge is 0.397 e. The second kappa shape index (κ2) is 10.9. The van der Waals surface area contributed by atoms with Crippen LogP contribution in [0.5, 0.6) is 0 Å². The van der Waals surface area contributed by atoms with Gasteiger partial charge in [0.15, 0.2) is 0 Å². The number of rotatable bonds is 3. The molecule has 1 saturated heterocycles. The van der Waals surface area contributed by atoms with E-state index in [4.69, 9.17) is 27.2 Å². The Kier molecular flexibility index (Phi) is 7.76. The van der Waals surface area contributed by atoms with Gasteiger partial charge in [-0.1, -0.05) is 37.1 Å². The highest BCUT2D eigenvalue weighted by atomic mass is 35.5. The first kappa shape index (κ1) is 23.4. The number of halogens is 1. The van der Waals surface area contributed by atoms with Gasteiger partial charge in [-0.2, -0.15) is 5.06 Å². The Morgan fingerprint density at radius 3 is 2.45 bits per heavy atom. The summed E-state index contributed by atoms with van der Waals surface area (Å²) < 4.78 is 0. The average Bonchev–Trinajstić information content (AvgIpc) is 3.01. The molecule has 2 aliphatic rings. The fourth-order valence-electron chi connectivity index (χ4n) is 4.49. The molecular weight excluding hydrogens is 432 g/mol. The first-order chi connectivity index (χ1) is 16.2. The van der Waals surface area contributed by atoms with Gasteiger partial charge in [0.2, 0.25) is 0 Å². The number of aromatic nitrogens is 2. The van der Waals surface area contributed by atoms with E-state index in [9.17, 15) is 0 Å². The second-order valence-corrected chi connectivity index (χ2v) is 8.55. The number of fused-ring (bicyclic) bond motifs is 2. The number of anilines is 1. The molecule has 1 fully saturated rings. The normalized spacial score (nSPS) is 15.7. The van der Waals surface area contributed by atoms with Gasteiger partial charge in [0.05, 0.1) is 24.2 Å². The zero-order chi connectivity index (χ0) is 23.2. The lowest BCUT2D eigenvalue weighted by Crippen LogP contribution is -2.31. The van der Waals surface area contributed by atoms with Crippen molar-refractivity contribution in [3.05, 3.63) is 93.5 Å². The van der Waals surface area contributed by atoms with Crippen molar-refractivity contribution in [3.63, 3.8) is 0 Å². The number of hydrogen-bond acceptors (Lipinski definition) is 5. The number of hydroxylamine groups is 2. The van der Waals surface area contributed by atoms with Gasteiger partial charge in [-0.15, -0.1) is 0 Å². The van der Waals surface area contributed by atoms with Crippen LogP contribution in [-0.4, -0.2) is 28.1 Å². The number of aryl methyl sites for hydroxylation is 2. The number of pyridine rings is 2. The molecule has 0 amide bonds. The molecule has 172 valence electrons. The molecule has 0 unspecified atom stereocenters. The van der Waals surface area contributed by atoms with Crippen molar-refractivity contribution >= 4 is 22.9 Å². The summed E-state index contributed by atoms with van der Waals surface area (Å²) in [4.78, 5) is 14.9. The molecule has 2 N–H and O–H groups in total. The van der Waals surface area contributed by atoms with Crippen LogP contribution in [0, 0.1) is 0 Å². The maximum Gasteiger partial charge on any atom is 0.0937 e. The summed E-state index contributed by atoms with van der Waals surface area (Å²) in [6, 6.07) is 12.3. The van der Waals surface area contributed by atoms with E-state index in [1.807, 2.05) is 32.0 Å². The Balaban J connectivity index is 0.00000126.